The fourth-order valence-corrected chi connectivity index (χ4v) is 3.19. The maximum Gasteiger partial charge on any atom is 0.240 e. The number of aryl methyl sites for hydroxylation is 1. The average molecular weight is 319 g/mol. The Balaban J connectivity index is 1.78. The standard InChI is InChI=1S/C15H14FN3O2S/c1-10-18-14-7-2-11(8-15(14)19-10)9-17-22(20,21)13-5-3-12(16)4-6-13/h2-8,17H,9H2,1H3,(H,18,19). The van der Waals surface area contributed by atoms with Gasteiger partial charge in [0.25, 0.3) is 0 Å². The molecule has 2 N–H and O–H groups in total. The number of H-pyrrole nitrogens is 1. The van der Waals surface area contributed by atoms with Crippen LogP contribution < -0.4 is 4.72 Å². The summed E-state index contributed by atoms with van der Waals surface area (Å²) < 4.78 is 39.6. The Morgan fingerprint density at radius 1 is 1.18 bits per heavy atom. The highest BCUT2D eigenvalue weighted by Gasteiger charge is 2.13. The van der Waals surface area contributed by atoms with Gasteiger partial charge in [-0.3, -0.25) is 0 Å². The number of nitrogens with one attached hydrogen (secondary N) is 2. The molecule has 5 nitrogen and oxygen atoms in total. The van der Waals surface area contributed by atoms with E-state index in [0.29, 0.717) is 0 Å². The summed E-state index contributed by atoms with van der Waals surface area (Å²) in [6.07, 6.45) is 0. The van der Waals surface area contributed by atoms with Gasteiger partial charge in [-0.2, -0.15) is 0 Å². The normalized spacial score (nSPS) is 11.9. The summed E-state index contributed by atoms with van der Waals surface area (Å²) in [7, 11) is -3.67. The third kappa shape index (κ3) is 3.00. The van der Waals surface area contributed by atoms with Gasteiger partial charge in [-0.1, -0.05) is 6.07 Å². The zero-order valence-electron chi connectivity index (χ0n) is 11.8. The molecule has 0 aliphatic rings. The first-order chi connectivity index (χ1) is 10.4. The monoisotopic (exact) mass is 319 g/mol. The van der Waals surface area contributed by atoms with Crippen LogP contribution in [-0.4, -0.2) is 18.4 Å². The lowest BCUT2D eigenvalue weighted by molar-refractivity contribution is 0.580. The van der Waals surface area contributed by atoms with E-state index in [1.54, 1.807) is 0 Å². The average Bonchev–Trinajstić information content (AvgIpc) is 2.85. The first-order valence-corrected chi connectivity index (χ1v) is 8.13. The summed E-state index contributed by atoms with van der Waals surface area (Å²) in [4.78, 5) is 7.43. The van der Waals surface area contributed by atoms with Crippen LogP contribution in [0, 0.1) is 12.7 Å². The van der Waals surface area contributed by atoms with Crippen LogP contribution in [0.2, 0.25) is 0 Å². The smallest absolute Gasteiger partial charge is 0.240 e. The minimum Gasteiger partial charge on any atom is -0.342 e. The lowest BCUT2D eigenvalue weighted by atomic mass is 10.2. The summed E-state index contributed by atoms with van der Waals surface area (Å²) in [6, 6.07) is 10.2. The molecule has 0 amide bonds. The summed E-state index contributed by atoms with van der Waals surface area (Å²) >= 11 is 0. The van der Waals surface area contributed by atoms with E-state index >= 15 is 0 Å². The number of aromatic amines is 1. The van der Waals surface area contributed by atoms with Crippen molar-refractivity contribution in [3.63, 3.8) is 0 Å². The second kappa shape index (κ2) is 5.51. The molecular weight excluding hydrogens is 305 g/mol. The van der Waals surface area contributed by atoms with E-state index in [2.05, 4.69) is 14.7 Å². The van der Waals surface area contributed by atoms with Crippen LogP contribution in [0.15, 0.2) is 47.4 Å². The van der Waals surface area contributed by atoms with Crippen molar-refractivity contribution in [2.75, 3.05) is 0 Å². The number of hydrogen-bond donors (Lipinski definition) is 2. The van der Waals surface area contributed by atoms with Crippen molar-refractivity contribution in [1.82, 2.24) is 14.7 Å². The van der Waals surface area contributed by atoms with Crippen molar-refractivity contribution in [2.45, 2.75) is 18.4 Å². The molecule has 3 aromatic rings. The summed E-state index contributed by atoms with van der Waals surface area (Å²) in [6.45, 7) is 2.00. The summed E-state index contributed by atoms with van der Waals surface area (Å²) in [5.41, 5.74) is 2.50. The second-order valence-corrected chi connectivity index (χ2v) is 6.72. The number of benzene rings is 2. The number of fused-ring (bicyclic) bond motifs is 1. The van der Waals surface area contributed by atoms with Crippen molar-refractivity contribution in [1.29, 1.82) is 0 Å². The third-order valence-electron chi connectivity index (χ3n) is 3.25. The number of aromatic nitrogens is 2. The van der Waals surface area contributed by atoms with Gasteiger partial charge in [-0.05, 0) is 48.9 Å². The van der Waals surface area contributed by atoms with E-state index in [-0.39, 0.29) is 11.4 Å². The molecule has 0 aliphatic carbocycles. The Labute approximate surface area is 127 Å². The SMILES string of the molecule is Cc1nc2ccc(CNS(=O)(=O)c3ccc(F)cc3)cc2[nH]1. The molecule has 3 rings (SSSR count). The van der Waals surface area contributed by atoms with Gasteiger partial charge in [0, 0.05) is 6.54 Å². The highest BCUT2D eigenvalue weighted by atomic mass is 32.2. The highest BCUT2D eigenvalue weighted by Crippen LogP contribution is 2.15. The van der Waals surface area contributed by atoms with Crippen molar-refractivity contribution >= 4 is 21.1 Å². The van der Waals surface area contributed by atoms with Crippen LogP contribution >= 0.6 is 0 Å². The molecule has 1 heterocycles. The van der Waals surface area contributed by atoms with Crippen LogP contribution in [0.25, 0.3) is 11.0 Å². The van der Waals surface area contributed by atoms with Crippen molar-refractivity contribution < 1.29 is 12.8 Å². The van der Waals surface area contributed by atoms with Crippen LogP contribution in [-0.2, 0) is 16.6 Å². The zero-order valence-corrected chi connectivity index (χ0v) is 12.6. The molecule has 0 saturated carbocycles. The predicted molar refractivity (Wildman–Crippen MR) is 81.3 cm³/mol. The molecule has 0 unspecified atom stereocenters. The third-order valence-corrected chi connectivity index (χ3v) is 4.67. The number of imidazole rings is 1. The Kier molecular flexibility index (Phi) is 3.67. The topological polar surface area (TPSA) is 74.8 Å². The van der Waals surface area contributed by atoms with E-state index in [9.17, 15) is 12.8 Å². The fourth-order valence-electron chi connectivity index (χ4n) is 2.17. The molecule has 0 spiro atoms. The van der Waals surface area contributed by atoms with E-state index in [4.69, 9.17) is 0 Å². The number of nitrogens with zero attached hydrogens (tertiary/aromatic N) is 1. The molecule has 22 heavy (non-hydrogen) atoms. The van der Waals surface area contributed by atoms with Gasteiger partial charge in [-0.15, -0.1) is 0 Å². The van der Waals surface area contributed by atoms with Gasteiger partial charge in [-0.25, -0.2) is 22.5 Å². The summed E-state index contributed by atoms with van der Waals surface area (Å²) in [5, 5.41) is 0. The number of halogens is 1. The van der Waals surface area contributed by atoms with E-state index < -0.39 is 15.8 Å². The van der Waals surface area contributed by atoms with Crippen molar-refractivity contribution in [3.05, 3.63) is 59.7 Å². The van der Waals surface area contributed by atoms with Crippen LogP contribution in [0.3, 0.4) is 0 Å². The van der Waals surface area contributed by atoms with Gasteiger partial charge >= 0.3 is 0 Å². The van der Waals surface area contributed by atoms with Crippen molar-refractivity contribution in [3.8, 4) is 0 Å². The zero-order chi connectivity index (χ0) is 15.7. The quantitative estimate of drug-likeness (QED) is 0.776. The maximum absolute atomic E-state index is 12.9. The molecule has 2 aromatic carbocycles. The number of sulfonamides is 1. The molecule has 114 valence electrons. The van der Waals surface area contributed by atoms with E-state index in [1.807, 2.05) is 25.1 Å². The maximum atomic E-state index is 12.9. The first-order valence-electron chi connectivity index (χ1n) is 6.64. The lowest BCUT2D eigenvalue weighted by Gasteiger charge is -2.07. The van der Waals surface area contributed by atoms with E-state index in [0.717, 1.165) is 34.6 Å². The Morgan fingerprint density at radius 3 is 2.64 bits per heavy atom. The first kappa shape index (κ1) is 14.7. The van der Waals surface area contributed by atoms with Gasteiger partial charge in [0.1, 0.15) is 11.6 Å². The largest absolute Gasteiger partial charge is 0.342 e. The van der Waals surface area contributed by atoms with Gasteiger partial charge in [0.05, 0.1) is 15.9 Å². The Hall–Kier alpha value is -2.25. The molecule has 0 radical (unpaired) electrons. The van der Waals surface area contributed by atoms with Crippen molar-refractivity contribution in [2.24, 2.45) is 0 Å². The van der Waals surface area contributed by atoms with Crippen LogP contribution in [0.4, 0.5) is 4.39 Å². The van der Waals surface area contributed by atoms with Crippen LogP contribution in [0.5, 0.6) is 0 Å². The predicted octanol–water partition coefficient (Wildman–Crippen LogP) is 2.49. The lowest BCUT2D eigenvalue weighted by Crippen LogP contribution is -2.23. The fraction of sp³-hybridized carbons (Fsp3) is 0.133. The molecule has 0 bridgehead atoms. The molecule has 0 aliphatic heterocycles. The minimum absolute atomic E-state index is 0.0346. The highest BCUT2D eigenvalue weighted by molar-refractivity contribution is 7.89. The van der Waals surface area contributed by atoms with Gasteiger partial charge in [0.15, 0.2) is 0 Å². The number of rotatable bonds is 4. The molecular formula is C15H14FN3O2S. The van der Waals surface area contributed by atoms with E-state index in [1.165, 1.54) is 12.1 Å². The Morgan fingerprint density at radius 2 is 1.91 bits per heavy atom. The summed E-state index contributed by atoms with van der Waals surface area (Å²) in [5.74, 6) is 0.332. The Bertz CT molecular complexity index is 918. The number of hydrogen-bond acceptors (Lipinski definition) is 3. The molecule has 1 aromatic heterocycles. The van der Waals surface area contributed by atoms with Gasteiger partial charge in [0.2, 0.25) is 10.0 Å². The molecule has 0 fully saturated rings. The van der Waals surface area contributed by atoms with Crippen LogP contribution in [0.1, 0.15) is 11.4 Å². The molecule has 0 atom stereocenters. The molecule has 0 saturated heterocycles. The molecule has 7 heteroatoms. The second-order valence-electron chi connectivity index (χ2n) is 4.95. The minimum atomic E-state index is -3.67. The van der Waals surface area contributed by atoms with Gasteiger partial charge < -0.3 is 4.98 Å².